The highest BCUT2D eigenvalue weighted by molar-refractivity contribution is 6.36. The predicted molar refractivity (Wildman–Crippen MR) is 85.1 cm³/mol. The molecule has 0 saturated heterocycles. The zero-order chi connectivity index (χ0) is 18.2. The number of halogens is 5. The van der Waals surface area contributed by atoms with Crippen molar-refractivity contribution in [2.45, 2.75) is 32.1 Å². The van der Waals surface area contributed by atoms with Crippen LogP contribution in [0.2, 0.25) is 10.0 Å². The summed E-state index contributed by atoms with van der Waals surface area (Å²) in [5.41, 5.74) is 0.595. The van der Waals surface area contributed by atoms with Gasteiger partial charge in [0.25, 0.3) is 0 Å². The Morgan fingerprint density at radius 3 is 2.60 bits per heavy atom. The summed E-state index contributed by atoms with van der Waals surface area (Å²) >= 11 is 12.1. The summed E-state index contributed by atoms with van der Waals surface area (Å²) in [5, 5.41) is 10.4. The second-order valence-corrected chi connectivity index (χ2v) is 6.51. The van der Waals surface area contributed by atoms with E-state index in [2.05, 4.69) is 15.5 Å². The standard InChI is InChI=1S/C15H13Cl2F3N4O/c16-10-2-1-3-11(17)9(10)7-21-13(25)8-4-5-24-12(6-8)22-23-14(24)15(18,19)20/h1-3,8H,4-7H2,(H,21,25). The number of alkyl halides is 3. The Hall–Kier alpha value is -1.80. The Balaban J connectivity index is 1.66. The highest BCUT2D eigenvalue weighted by Gasteiger charge is 2.40. The van der Waals surface area contributed by atoms with Gasteiger partial charge in [0, 0.05) is 41.0 Å². The smallest absolute Gasteiger partial charge is 0.352 e. The monoisotopic (exact) mass is 392 g/mol. The third kappa shape index (κ3) is 3.74. The van der Waals surface area contributed by atoms with Crippen molar-refractivity contribution in [1.82, 2.24) is 20.1 Å². The molecule has 1 aliphatic rings. The van der Waals surface area contributed by atoms with Crippen molar-refractivity contribution in [3.63, 3.8) is 0 Å². The number of amides is 1. The summed E-state index contributed by atoms with van der Waals surface area (Å²) in [6.45, 7) is 0.191. The topological polar surface area (TPSA) is 59.8 Å². The van der Waals surface area contributed by atoms with Crippen LogP contribution >= 0.6 is 23.2 Å². The first kappa shape index (κ1) is 18.0. The molecule has 3 rings (SSSR count). The van der Waals surface area contributed by atoms with E-state index in [0.717, 1.165) is 4.57 Å². The fraction of sp³-hybridized carbons (Fsp3) is 0.400. The maximum atomic E-state index is 12.8. The van der Waals surface area contributed by atoms with Crippen LogP contribution in [0, 0.1) is 5.92 Å². The van der Waals surface area contributed by atoms with Gasteiger partial charge < -0.3 is 9.88 Å². The molecule has 0 spiro atoms. The molecule has 1 aromatic carbocycles. The third-order valence-electron chi connectivity index (χ3n) is 4.08. The number of fused-ring (bicyclic) bond motifs is 1. The fourth-order valence-electron chi connectivity index (χ4n) is 2.78. The summed E-state index contributed by atoms with van der Waals surface area (Å²) in [6.07, 6.45) is -4.18. The predicted octanol–water partition coefficient (Wildman–Crippen LogP) is 3.48. The van der Waals surface area contributed by atoms with Gasteiger partial charge in [0.15, 0.2) is 0 Å². The van der Waals surface area contributed by atoms with E-state index in [1.807, 2.05) is 0 Å². The van der Waals surface area contributed by atoms with Crippen LogP contribution in [0.25, 0.3) is 0 Å². The lowest BCUT2D eigenvalue weighted by Crippen LogP contribution is -2.35. The second kappa shape index (κ2) is 6.84. The first-order valence-corrected chi connectivity index (χ1v) is 8.23. The average Bonchev–Trinajstić information content (AvgIpc) is 2.97. The normalized spacial score (nSPS) is 17.2. The van der Waals surface area contributed by atoms with Crippen molar-refractivity contribution in [2.24, 2.45) is 5.92 Å². The number of benzene rings is 1. The van der Waals surface area contributed by atoms with Crippen molar-refractivity contribution in [1.29, 1.82) is 0 Å². The lowest BCUT2D eigenvalue weighted by Gasteiger charge is -2.23. The van der Waals surface area contributed by atoms with Crippen LogP contribution in [0.15, 0.2) is 18.2 Å². The van der Waals surface area contributed by atoms with E-state index in [1.165, 1.54) is 0 Å². The van der Waals surface area contributed by atoms with Gasteiger partial charge in [0.1, 0.15) is 5.82 Å². The number of aromatic nitrogens is 3. The van der Waals surface area contributed by atoms with Gasteiger partial charge in [-0.05, 0) is 18.6 Å². The molecule has 0 fully saturated rings. The molecule has 1 aromatic heterocycles. The van der Waals surface area contributed by atoms with Crippen LogP contribution in [0.3, 0.4) is 0 Å². The Labute approximate surface area is 151 Å². The van der Waals surface area contributed by atoms with Gasteiger partial charge in [-0.25, -0.2) is 0 Å². The molecule has 2 aromatic rings. The van der Waals surface area contributed by atoms with Crippen LogP contribution in [0.5, 0.6) is 0 Å². The summed E-state index contributed by atoms with van der Waals surface area (Å²) in [5.74, 6) is -1.61. The first-order chi connectivity index (χ1) is 11.8. The quantitative estimate of drug-likeness (QED) is 0.869. The van der Waals surface area contributed by atoms with Crippen molar-refractivity contribution >= 4 is 29.1 Å². The zero-order valence-electron chi connectivity index (χ0n) is 12.8. The molecule has 1 N–H and O–H groups in total. The number of hydrogen-bond donors (Lipinski definition) is 1. The first-order valence-electron chi connectivity index (χ1n) is 7.47. The van der Waals surface area contributed by atoms with E-state index in [4.69, 9.17) is 23.2 Å². The molecular weight excluding hydrogens is 380 g/mol. The summed E-state index contributed by atoms with van der Waals surface area (Å²) in [4.78, 5) is 12.3. The number of nitrogens with one attached hydrogen (secondary N) is 1. The van der Waals surface area contributed by atoms with Gasteiger partial charge in [-0.15, -0.1) is 10.2 Å². The molecule has 1 aliphatic heterocycles. The van der Waals surface area contributed by atoms with E-state index in [-0.39, 0.29) is 37.7 Å². The van der Waals surface area contributed by atoms with Crippen LogP contribution in [-0.4, -0.2) is 20.7 Å². The summed E-state index contributed by atoms with van der Waals surface area (Å²) in [7, 11) is 0. The zero-order valence-corrected chi connectivity index (χ0v) is 14.3. The van der Waals surface area contributed by atoms with Crippen molar-refractivity contribution in [2.75, 3.05) is 0 Å². The number of carbonyl (C=O) groups excluding carboxylic acids is 1. The lowest BCUT2D eigenvalue weighted by atomic mass is 9.96. The average molecular weight is 393 g/mol. The van der Waals surface area contributed by atoms with Crippen LogP contribution < -0.4 is 5.32 Å². The number of nitrogens with zero attached hydrogens (tertiary/aromatic N) is 3. The van der Waals surface area contributed by atoms with Gasteiger partial charge >= 0.3 is 6.18 Å². The number of carbonyl (C=O) groups is 1. The molecule has 134 valence electrons. The van der Waals surface area contributed by atoms with Crippen molar-refractivity contribution in [3.8, 4) is 0 Å². The minimum absolute atomic E-state index is 0.0438. The van der Waals surface area contributed by atoms with Gasteiger partial charge in [-0.3, -0.25) is 4.79 Å². The Morgan fingerprint density at radius 1 is 1.28 bits per heavy atom. The number of hydrogen-bond acceptors (Lipinski definition) is 3. The van der Waals surface area contributed by atoms with E-state index in [1.54, 1.807) is 18.2 Å². The Bertz CT molecular complexity index is 786. The lowest BCUT2D eigenvalue weighted by molar-refractivity contribution is -0.147. The Morgan fingerprint density at radius 2 is 1.96 bits per heavy atom. The van der Waals surface area contributed by atoms with Crippen LogP contribution in [0.4, 0.5) is 13.2 Å². The summed E-state index contributed by atoms with van der Waals surface area (Å²) in [6, 6.07) is 5.02. The molecule has 1 atom stereocenters. The number of rotatable bonds is 3. The molecule has 1 unspecified atom stereocenters. The molecule has 1 amide bonds. The van der Waals surface area contributed by atoms with Gasteiger partial charge in [0.05, 0.1) is 0 Å². The van der Waals surface area contributed by atoms with Crippen molar-refractivity contribution in [3.05, 3.63) is 45.5 Å². The molecular formula is C15H13Cl2F3N4O. The minimum atomic E-state index is -4.55. The maximum absolute atomic E-state index is 12.8. The molecule has 0 bridgehead atoms. The van der Waals surface area contributed by atoms with E-state index in [0.29, 0.717) is 15.6 Å². The van der Waals surface area contributed by atoms with Gasteiger partial charge in [0.2, 0.25) is 11.7 Å². The highest BCUT2D eigenvalue weighted by atomic mass is 35.5. The van der Waals surface area contributed by atoms with Gasteiger partial charge in [-0.1, -0.05) is 29.3 Å². The third-order valence-corrected chi connectivity index (χ3v) is 4.79. The SMILES string of the molecule is O=C(NCc1c(Cl)cccc1Cl)C1CCn2c(nnc2C(F)(F)F)C1. The minimum Gasteiger partial charge on any atom is -0.352 e. The largest absolute Gasteiger partial charge is 0.451 e. The molecule has 0 aliphatic carbocycles. The van der Waals surface area contributed by atoms with Crippen LogP contribution in [0.1, 0.15) is 23.6 Å². The highest BCUT2D eigenvalue weighted by Crippen LogP contribution is 2.31. The summed E-state index contributed by atoms with van der Waals surface area (Å²) < 4.78 is 39.5. The van der Waals surface area contributed by atoms with Gasteiger partial charge in [-0.2, -0.15) is 13.2 Å². The molecule has 10 heteroatoms. The second-order valence-electron chi connectivity index (χ2n) is 5.70. The molecule has 0 saturated carbocycles. The van der Waals surface area contributed by atoms with Crippen molar-refractivity contribution < 1.29 is 18.0 Å². The van der Waals surface area contributed by atoms with E-state index >= 15 is 0 Å². The molecule has 5 nitrogen and oxygen atoms in total. The van der Waals surface area contributed by atoms with E-state index in [9.17, 15) is 18.0 Å². The van der Waals surface area contributed by atoms with Crippen LogP contribution in [-0.2, 0) is 30.5 Å². The molecule has 2 heterocycles. The fourth-order valence-corrected chi connectivity index (χ4v) is 3.31. The molecule has 0 radical (unpaired) electrons. The van der Waals surface area contributed by atoms with E-state index < -0.39 is 17.9 Å². The maximum Gasteiger partial charge on any atom is 0.451 e. The Kier molecular flexibility index (Phi) is 4.92. The molecule has 25 heavy (non-hydrogen) atoms.